The molecule has 0 aliphatic heterocycles. The Morgan fingerprint density at radius 1 is 0.774 bits per heavy atom. The fourth-order valence-corrected chi connectivity index (χ4v) is 3.92. The van der Waals surface area contributed by atoms with E-state index in [1.807, 2.05) is 91.0 Å². The summed E-state index contributed by atoms with van der Waals surface area (Å²) in [5.74, 6) is 0.0497. The van der Waals surface area contributed by atoms with Gasteiger partial charge in [0.15, 0.2) is 0 Å². The number of fused-ring (bicyclic) bond motifs is 1. The molecule has 31 heavy (non-hydrogen) atoms. The fourth-order valence-electron chi connectivity index (χ4n) is 3.92. The van der Waals surface area contributed by atoms with Crippen molar-refractivity contribution in [1.82, 2.24) is 9.55 Å². The van der Waals surface area contributed by atoms with Gasteiger partial charge >= 0.3 is 0 Å². The van der Waals surface area contributed by atoms with E-state index in [2.05, 4.69) is 4.98 Å². The maximum atomic E-state index is 13.7. The third kappa shape index (κ3) is 3.49. The topological polar surface area (TPSA) is 55.1 Å². The smallest absolute Gasteiger partial charge is 0.259 e. The van der Waals surface area contributed by atoms with Crippen LogP contribution in [-0.4, -0.2) is 14.7 Å². The fraction of sp³-hybridized carbons (Fsp3) is 0.0370. The zero-order valence-electron chi connectivity index (χ0n) is 16.8. The monoisotopic (exact) mass is 404 g/mol. The molecule has 4 heteroatoms. The minimum Gasteiger partial charge on any atom is -0.506 e. The van der Waals surface area contributed by atoms with Crippen LogP contribution in [0.25, 0.3) is 33.3 Å². The van der Waals surface area contributed by atoms with Crippen LogP contribution in [0.3, 0.4) is 0 Å². The average Bonchev–Trinajstić information content (AvgIpc) is 2.83. The van der Waals surface area contributed by atoms with Gasteiger partial charge in [0.2, 0.25) is 0 Å². The van der Waals surface area contributed by atoms with Gasteiger partial charge in [-0.3, -0.25) is 9.78 Å². The molecule has 0 saturated heterocycles. The van der Waals surface area contributed by atoms with Gasteiger partial charge in [0, 0.05) is 16.5 Å². The highest BCUT2D eigenvalue weighted by atomic mass is 16.3. The number of rotatable bonds is 4. The van der Waals surface area contributed by atoms with Crippen molar-refractivity contribution < 1.29 is 5.11 Å². The zero-order valence-corrected chi connectivity index (χ0v) is 16.8. The molecule has 0 spiro atoms. The molecule has 5 aromatic rings. The van der Waals surface area contributed by atoms with Crippen LogP contribution in [0.15, 0.2) is 108 Å². The van der Waals surface area contributed by atoms with Crippen LogP contribution in [0.1, 0.15) is 5.56 Å². The summed E-state index contributed by atoms with van der Waals surface area (Å²) in [5.41, 5.74) is 4.42. The molecule has 0 aliphatic rings. The van der Waals surface area contributed by atoms with Crippen LogP contribution in [0.5, 0.6) is 5.75 Å². The van der Waals surface area contributed by atoms with Crippen molar-refractivity contribution >= 4 is 10.9 Å². The van der Waals surface area contributed by atoms with Crippen LogP contribution >= 0.6 is 0 Å². The van der Waals surface area contributed by atoms with Crippen molar-refractivity contribution in [3.05, 3.63) is 119 Å². The standard InChI is InChI=1S/C27H20N2O2/c30-24-17-28-25(21-14-8-3-9-15-21)26-23(24)16-22(20-12-6-2-7-13-20)27(31)29(26)18-19-10-4-1-5-11-19/h1-17,30H,18H2. The molecule has 2 heterocycles. The first-order valence-electron chi connectivity index (χ1n) is 10.1. The number of nitrogens with zero attached hydrogens (tertiary/aromatic N) is 2. The highest BCUT2D eigenvalue weighted by molar-refractivity contribution is 5.97. The van der Waals surface area contributed by atoms with E-state index in [1.165, 1.54) is 6.20 Å². The van der Waals surface area contributed by atoms with Crippen LogP contribution in [0, 0.1) is 0 Å². The predicted octanol–water partition coefficient (Wildman–Crippen LogP) is 5.48. The van der Waals surface area contributed by atoms with E-state index in [9.17, 15) is 9.90 Å². The maximum Gasteiger partial charge on any atom is 0.259 e. The second kappa shape index (κ2) is 7.92. The lowest BCUT2D eigenvalue weighted by Crippen LogP contribution is -2.23. The van der Waals surface area contributed by atoms with Crippen LogP contribution < -0.4 is 5.56 Å². The summed E-state index contributed by atoms with van der Waals surface area (Å²) in [6, 6.07) is 30.9. The second-order valence-electron chi connectivity index (χ2n) is 7.42. The van der Waals surface area contributed by atoms with Gasteiger partial charge in [-0.25, -0.2) is 0 Å². The van der Waals surface area contributed by atoms with E-state index in [0.29, 0.717) is 28.7 Å². The molecular formula is C27H20N2O2. The molecule has 4 nitrogen and oxygen atoms in total. The zero-order chi connectivity index (χ0) is 21.2. The van der Waals surface area contributed by atoms with Gasteiger partial charge in [-0.2, -0.15) is 0 Å². The predicted molar refractivity (Wildman–Crippen MR) is 124 cm³/mol. The normalized spacial score (nSPS) is 11.0. The quantitative estimate of drug-likeness (QED) is 0.431. The highest BCUT2D eigenvalue weighted by Crippen LogP contribution is 2.33. The number of hydrogen-bond acceptors (Lipinski definition) is 3. The van der Waals surface area contributed by atoms with E-state index < -0.39 is 0 Å². The van der Waals surface area contributed by atoms with Gasteiger partial charge in [0.1, 0.15) is 5.75 Å². The first-order valence-corrected chi connectivity index (χ1v) is 10.1. The van der Waals surface area contributed by atoms with E-state index in [4.69, 9.17) is 0 Å². The van der Waals surface area contributed by atoms with E-state index in [1.54, 1.807) is 10.6 Å². The minimum atomic E-state index is -0.118. The Balaban J connectivity index is 1.88. The van der Waals surface area contributed by atoms with Gasteiger partial charge in [0.05, 0.1) is 24.0 Å². The molecule has 0 radical (unpaired) electrons. The molecule has 0 saturated carbocycles. The molecule has 0 unspecified atom stereocenters. The number of aromatic nitrogens is 2. The van der Waals surface area contributed by atoms with Crippen molar-refractivity contribution in [3.63, 3.8) is 0 Å². The first kappa shape index (κ1) is 18.8. The number of pyridine rings is 2. The van der Waals surface area contributed by atoms with Gasteiger partial charge in [-0.15, -0.1) is 0 Å². The van der Waals surface area contributed by atoms with Crippen molar-refractivity contribution in [2.75, 3.05) is 0 Å². The molecule has 0 amide bonds. The average molecular weight is 404 g/mol. The largest absolute Gasteiger partial charge is 0.506 e. The molecular weight excluding hydrogens is 384 g/mol. The Kier molecular flexibility index (Phi) is 4.81. The Labute approximate surface area is 179 Å². The van der Waals surface area contributed by atoms with Crippen molar-refractivity contribution in [2.24, 2.45) is 0 Å². The van der Waals surface area contributed by atoms with Gasteiger partial charge in [-0.05, 0) is 17.2 Å². The SMILES string of the molecule is O=c1c(-c2ccccc2)cc2c(O)cnc(-c3ccccc3)c2n1Cc1ccccc1. The Morgan fingerprint density at radius 3 is 2.00 bits per heavy atom. The second-order valence-corrected chi connectivity index (χ2v) is 7.42. The van der Waals surface area contributed by atoms with Crippen LogP contribution in [0.2, 0.25) is 0 Å². The van der Waals surface area contributed by atoms with Crippen LogP contribution in [-0.2, 0) is 6.54 Å². The lowest BCUT2D eigenvalue weighted by Gasteiger charge is -2.17. The van der Waals surface area contributed by atoms with Gasteiger partial charge < -0.3 is 9.67 Å². The van der Waals surface area contributed by atoms with Crippen molar-refractivity contribution in [3.8, 4) is 28.1 Å². The Bertz CT molecular complexity index is 1410. The lowest BCUT2D eigenvalue weighted by molar-refractivity contribution is 0.479. The third-order valence-electron chi connectivity index (χ3n) is 5.42. The van der Waals surface area contributed by atoms with Gasteiger partial charge in [0.25, 0.3) is 5.56 Å². The Hall–Kier alpha value is -4.18. The first-order chi connectivity index (χ1) is 15.2. The summed E-state index contributed by atoms with van der Waals surface area (Å²) in [7, 11) is 0. The van der Waals surface area contributed by atoms with Gasteiger partial charge in [-0.1, -0.05) is 91.0 Å². The maximum absolute atomic E-state index is 13.7. The summed E-state index contributed by atoms with van der Waals surface area (Å²) in [6.45, 7) is 0.377. The van der Waals surface area contributed by atoms with E-state index >= 15 is 0 Å². The highest BCUT2D eigenvalue weighted by Gasteiger charge is 2.18. The van der Waals surface area contributed by atoms with Crippen molar-refractivity contribution in [1.29, 1.82) is 0 Å². The minimum absolute atomic E-state index is 0.0497. The summed E-state index contributed by atoms with van der Waals surface area (Å²) >= 11 is 0. The molecule has 2 aromatic heterocycles. The Morgan fingerprint density at radius 2 is 1.35 bits per heavy atom. The lowest BCUT2D eigenvalue weighted by atomic mass is 10.0. The molecule has 0 bridgehead atoms. The summed E-state index contributed by atoms with van der Waals surface area (Å²) in [4.78, 5) is 18.2. The molecule has 1 N–H and O–H groups in total. The van der Waals surface area contributed by atoms with Crippen molar-refractivity contribution in [2.45, 2.75) is 6.54 Å². The van der Waals surface area contributed by atoms with E-state index in [0.717, 1.165) is 16.7 Å². The summed E-state index contributed by atoms with van der Waals surface area (Å²) < 4.78 is 1.72. The molecule has 0 aliphatic carbocycles. The number of aromatic hydroxyl groups is 1. The third-order valence-corrected chi connectivity index (χ3v) is 5.42. The summed E-state index contributed by atoms with van der Waals surface area (Å²) in [5, 5.41) is 11.3. The number of hydrogen-bond donors (Lipinski definition) is 1. The van der Waals surface area contributed by atoms with E-state index in [-0.39, 0.29) is 11.3 Å². The molecule has 5 rings (SSSR count). The van der Waals surface area contributed by atoms with Crippen LogP contribution in [0.4, 0.5) is 0 Å². The molecule has 3 aromatic carbocycles. The molecule has 0 atom stereocenters. The molecule has 0 fully saturated rings. The summed E-state index contributed by atoms with van der Waals surface area (Å²) in [6.07, 6.45) is 1.46. The number of benzene rings is 3. The molecule has 150 valence electrons.